The predicted molar refractivity (Wildman–Crippen MR) is 271 cm³/mol. The molecule has 1 atom stereocenters. The molecule has 64 heavy (non-hydrogen) atoms. The Kier molecular flexibility index (Phi) is 49.3. The van der Waals surface area contributed by atoms with E-state index in [4.69, 9.17) is 28.4 Å². The lowest BCUT2D eigenvalue weighted by Crippen LogP contribution is -2.26. The topological polar surface area (TPSA) is 110 Å². The van der Waals surface area contributed by atoms with Gasteiger partial charge in [0.15, 0.2) is 6.29 Å². The summed E-state index contributed by atoms with van der Waals surface area (Å²) in [6.07, 6.45) is 36.9. The van der Waals surface area contributed by atoms with E-state index in [1.807, 2.05) is 0 Å². The van der Waals surface area contributed by atoms with Gasteiger partial charge < -0.3 is 33.3 Å². The lowest BCUT2D eigenvalue weighted by atomic mass is 10.0. The Balaban J connectivity index is 4.42. The van der Waals surface area contributed by atoms with E-state index in [9.17, 15) is 14.4 Å². The highest BCUT2D eigenvalue weighted by Gasteiger charge is 2.17. The summed E-state index contributed by atoms with van der Waals surface area (Å²) in [6.45, 7) is 15.7. The number of hydrogen-bond donors (Lipinski definition) is 0. The van der Waals surface area contributed by atoms with Crippen LogP contribution in [0.2, 0.25) is 0 Å². The minimum atomic E-state index is -0.608. The van der Waals surface area contributed by atoms with Crippen LogP contribution in [0, 0.1) is 0 Å². The zero-order chi connectivity index (χ0) is 46.8. The standard InChI is InChI=1S/C52H97NO9S2/c1-6-11-14-17-18-19-20-21-22-23-24-25-26-27-28-31-36-48(62-52(56)60-44-35-40-53(9-4)10-5)37-34-43-57-49(54)38-45-63-64-46-39-50(55)61-47-51(58-41-32-29-15-12-7-2)59-42-33-30-16-13-8-3/h18-19,21-22,48,51H,6-17,20,23-47H2,1-5H3. The normalized spacial score (nSPS) is 12.2. The van der Waals surface area contributed by atoms with E-state index < -0.39 is 12.4 Å². The van der Waals surface area contributed by atoms with Crippen LogP contribution in [-0.4, -0.2) is 99.6 Å². The van der Waals surface area contributed by atoms with E-state index in [0.717, 1.165) is 83.8 Å². The van der Waals surface area contributed by atoms with Gasteiger partial charge in [-0.1, -0.05) is 170 Å². The van der Waals surface area contributed by atoms with E-state index in [1.165, 1.54) is 89.9 Å². The molecule has 0 spiro atoms. The van der Waals surface area contributed by atoms with Crippen LogP contribution in [0.4, 0.5) is 4.79 Å². The van der Waals surface area contributed by atoms with E-state index in [1.54, 1.807) is 21.6 Å². The van der Waals surface area contributed by atoms with E-state index in [-0.39, 0.29) is 37.7 Å². The lowest BCUT2D eigenvalue weighted by Gasteiger charge is -2.19. The largest absolute Gasteiger partial charge is 0.508 e. The molecule has 0 aliphatic carbocycles. The highest BCUT2D eigenvalue weighted by molar-refractivity contribution is 8.76. The average molecular weight is 944 g/mol. The fourth-order valence-electron chi connectivity index (χ4n) is 6.93. The molecule has 10 nitrogen and oxygen atoms in total. The Morgan fingerprint density at radius 2 is 0.984 bits per heavy atom. The van der Waals surface area contributed by atoms with Gasteiger partial charge in [0.05, 0.1) is 26.1 Å². The second kappa shape index (κ2) is 50.7. The second-order valence-corrected chi connectivity index (χ2v) is 19.5. The third-order valence-electron chi connectivity index (χ3n) is 11.0. The summed E-state index contributed by atoms with van der Waals surface area (Å²) in [6, 6.07) is 0. The van der Waals surface area contributed by atoms with Crippen molar-refractivity contribution in [3.05, 3.63) is 24.3 Å². The minimum absolute atomic E-state index is 0.108. The maximum Gasteiger partial charge on any atom is 0.508 e. The molecule has 0 N–H and O–H groups in total. The predicted octanol–water partition coefficient (Wildman–Crippen LogP) is 14.8. The second-order valence-electron chi connectivity index (χ2n) is 16.8. The summed E-state index contributed by atoms with van der Waals surface area (Å²) in [7, 11) is 3.10. The monoisotopic (exact) mass is 944 g/mol. The number of unbranched alkanes of at least 4 members (excludes halogenated alkanes) is 17. The van der Waals surface area contributed by atoms with Crippen molar-refractivity contribution in [1.82, 2.24) is 4.90 Å². The van der Waals surface area contributed by atoms with Crippen LogP contribution in [0.15, 0.2) is 24.3 Å². The van der Waals surface area contributed by atoms with Gasteiger partial charge in [-0.25, -0.2) is 4.79 Å². The van der Waals surface area contributed by atoms with Gasteiger partial charge in [0, 0.05) is 31.3 Å². The van der Waals surface area contributed by atoms with E-state index in [2.05, 4.69) is 63.8 Å². The molecule has 0 fully saturated rings. The molecule has 0 aromatic heterocycles. The summed E-state index contributed by atoms with van der Waals surface area (Å²) in [5.41, 5.74) is 0. The number of rotatable bonds is 49. The van der Waals surface area contributed by atoms with Crippen LogP contribution >= 0.6 is 21.6 Å². The Labute approximate surface area is 401 Å². The number of carbonyl (C=O) groups excluding carboxylic acids is 3. The third kappa shape index (κ3) is 45.4. The van der Waals surface area contributed by atoms with Crippen LogP contribution in [0.3, 0.4) is 0 Å². The summed E-state index contributed by atoms with van der Waals surface area (Å²) < 4.78 is 34.1. The van der Waals surface area contributed by atoms with Gasteiger partial charge >= 0.3 is 18.1 Å². The fraction of sp³-hybridized carbons (Fsp3) is 0.865. The molecule has 12 heteroatoms. The Hall–Kier alpha value is -1.73. The molecular formula is C52H97NO9S2. The molecule has 0 aromatic rings. The maximum absolute atomic E-state index is 12.6. The molecule has 376 valence electrons. The number of hydrogen-bond acceptors (Lipinski definition) is 12. The van der Waals surface area contributed by atoms with Crippen molar-refractivity contribution in [1.29, 1.82) is 0 Å². The van der Waals surface area contributed by atoms with Crippen LogP contribution in [0.5, 0.6) is 0 Å². The average Bonchev–Trinajstić information content (AvgIpc) is 3.29. The molecule has 0 aromatic carbocycles. The molecule has 0 amide bonds. The highest BCUT2D eigenvalue weighted by Crippen LogP contribution is 2.23. The van der Waals surface area contributed by atoms with Gasteiger partial charge in [-0.2, -0.15) is 0 Å². The van der Waals surface area contributed by atoms with Gasteiger partial charge in [0.25, 0.3) is 0 Å². The van der Waals surface area contributed by atoms with E-state index in [0.29, 0.717) is 50.6 Å². The van der Waals surface area contributed by atoms with Gasteiger partial charge in [-0.15, -0.1) is 0 Å². The van der Waals surface area contributed by atoms with Crippen LogP contribution < -0.4 is 0 Å². The molecule has 0 aliphatic rings. The molecule has 0 radical (unpaired) electrons. The zero-order valence-electron chi connectivity index (χ0n) is 41.8. The molecular weight excluding hydrogens is 847 g/mol. The molecule has 0 bridgehead atoms. The first-order chi connectivity index (χ1) is 31.4. The van der Waals surface area contributed by atoms with Crippen molar-refractivity contribution in [2.45, 2.75) is 227 Å². The summed E-state index contributed by atoms with van der Waals surface area (Å²) in [5.74, 6) is 0.671. The minimum Gasteiger partial charge on any atom is -0.466 e. The molecule has 0 saturated carbocycles. The number of nitrogens with zero attached hydrogens (tertiary/aromatic N) is 1. The SMILES string of the molecule is CCCCCC=CCC=CCCCCCCCCC(CCCOC(=O)CCSSCCC(=O)OCC(OCCCCCCC)OCCCCCCC)OC(=O)OCCCN(CC)CC. The van der Waals surface area contributed by atoms with Crippen molar-refractivity contribution in [3.8, 4) is 0 Å². The smallest absolute Gasteiger partial charge is 0.466 e. The summed E-state index contributed by atoms with van der Waals surface area (Å²) >= 11 is 0. The maximum atomic E-state index is 12.6. The number of allylic oxidation sites excluding steroid dienone is 4. The molecule has 0 rings (SSSR count). The Morgan fingerprint density at radius 1 is 0.500 bits per heavy atom. The van der Waals surface area contributed by atoms with E-state index >= 15 is 0 Å². The Bertz CT molecular complexity index is 1080. The first kappa shape index (κ1) is 62.3. The quantitative estimate of drug-likeness (QED) is 0.0145. The van der Waals surface area contributed by atoms with Crippen molar-refractivity contribution >= 4 is 39.7 Å². The zero-order valence-corrected chi connectivity index (χ0v) is 43.4. The summed E-state index contributed by atoms with van der Waals surface area (Å²) in [5, 5.41) is 0. The lowest BCUT2D eigenvalue weighted by molar-refractivity contribution is -0.183. The molecule has 1 unspecified atom stereocenters. The molecule has 0 heterocycles. The van der Waals surface area contributed by atoms with Crippen LogP contribution in [-0.2, 0) is 38.0 Å². The van der Waals surface area contributed by atoms with Gasteiger partial charge in [0.2, 0.25) is 0 Å². The number of esters is 2. The van der Waals surface area contributed by atoms with Crippen molar-refractivity contribution in [2.75, 3.05) is 64.2 Å². The molecule has 0 aliphatic heterocycles. The highest BCUT2D eigenvalue weighted by atomic mass is 33.1. The third-order valence-corrected chi connectivity index (χ3v) is 13.4. The van der Waals surface area contributed by atoms with Crippen LogP contribution in [0.1, 0.15) is 214 Å². The van der Waals surface area contributed by atoms with Gasteiger partial charge in [-0.05, 0) is 90.1 Å². The van der Waals surface area contributed by atoms with Crippen molar-refractivity contribution < 1.29 is 42.8 Å². The summed E-state index contributed by atoms with van der Waals surface area (Å²) in [4.78, 5) is 39.8. The van der Waals surface area contributed by atoms with Gasteiger partial charge in [-0.3, -0.25) is 9.59 Å². The van der Waals surface area contributed by atoms with Crippen molar-refractivity contribution in [3.63, 3.8) is 0 Å². The molecule has 0 saturated heterocycles. The number of carbonyl (C=O) groups is 3. The first-order valence-corrected chi connectivity index (χ1v) is 28.5. The van der Waals surface area contributed by atoms with Gasteiger partial charge in [0.1, 0.15) is 12.7 Å². The fourth-order valence-corrected chi connectivity index (χ4v) is 8.87. The number of ether oxygens (including phenoxy) is 6. The Morgan fingerprint density at radius 3 is 1.58 bits per heavy atom. The first-order valence-electron chi connectivity index (χ1n) is 26.0. The van der Waals surface area contributed by atoms with Crippen LogP contribution in [0.25, 0.3) is 0 Å². The van der Waals surface area contributed by atoms with Crippen molar-refractivity contribution in [2.24, 2.45) is 0 Å².